The first-order valence-electron chi connectivity index (χ1n) is 6.98. The van der Waals surface area contributed by atoms with Gasteiger partial charge in [-0.25, -0.2) is 4.98 Å². The summed E-state index contributed by atoms with van der Waals surface area (Å²) in [5.41, 5.74) is 1.23. The molecular weight excluding hydrogens is 242 g/mol. The Bertz CT molecular complexity index is 426. The lowest BCUT2D eigenvalue weighted by atomic mass is 10.0. The summed E-state index contributed by atoms with van der Waals surface area (Å²) >= 11 is 1.70. The van der Waals surface area contributed by atoms with Crippen molar-refractivity contribution in [2.24, 2.45) is 0 Å². The van der Waals surface area contributed by atoms with Gasteiger partial charge >= 0.3 is 0 Å². The molecule has 18 heavy (non-hydrogen) atoms. The average Bonchev–Trinajstić information content (AvgIpc) is 2.90. The van der Waals surface area contributed by atoms with E-state index < -0.39 is 0 Å². The fraction of sp³-hybridized carbons (Fsp3) is 0.643. The van der Waals surface area contributed by atoms with Gasteiger partial charge in [0.1, 0.15) is 0 Å². The molecule has 0 aliphatic carbocycles. The minimum absolute atomic E-state index is 0.684. The van der Waals surface area contributed by atoms with Gasteiger partial charge in [-0.2, -0.15) is 0 Å². The van der Waals surface area contributed by atoms with Crippen LogP contribution in [0.4, 0.5) is 0 Å². The number of thiazole rings is 1. The Morgan fingerprint density at radius 1 is 1.39 bits per heavy atom. The fourth-order valence-corrected chi connectivity index (χ4v) is 3.13. The Balaban J connectivity index is 1.78. The van der Waals surface area contributed by atoms with Crippen LogP contribution in [0.25, 0.3) is 4.96 Å². The van der Waals surface area contributed by atoms with E-state index >= 15 is 0 Å². The number of hydrogen-bond donors (Lipinski definition) is 1. The maximum atomic E-state index is 4.62. The Hall–Kier alpha value is -0.870. The van der Waals surface area contributed by atoms with Gasteiger partial charge in [0.05, 0.1) is 5.69 Å². The number of aryl methyl sites for hydroxylation is 1. The van der Waals surface area contributed by atoms with Crippen LogP contribution in [0.3, 0.4) is 0 Å². The number of aromatic nitrogens is 2. The number of nitrogens with one attached hydrogen (secondary N) is 1. The van der Waals surface area contributed by atoms with Crippen LogP contribution in [0.1, 0.15) is 45.2 Å². The highest BCUT2D eigenvalue weighted by atomic mass is 32.1. The first kappa shape index (κ1) is 13.6. The van der Waals surface area contributed by atoms with E-state index in [2.05, 4.69) is 46.3 Å². The molecule has 2 rings (SSSR count). The smallest absolute Gasteiger partial charge is 0.193 e. The fourth-order valence-electron chi connectivity index (χ4n) is 2.41. The molecule has 0 aliphatic heterocycles. The van der Waals surface area contributed by atoms with Crippen molar-refractivity contribution in [1.82, 2.24) is 14.7 Å². The van der Waals surface area contributed by atoms with E-state index in [0.29, 0.717) is 6.04 Å². The molecule has 2 aromatic rings. The minimum Gasteiger partial charge on any atom is -0.314 e. The number of imidazole rings is 1. The number of rotatable bonds is 8. The number of nitrogens with zero attached hydrogens (tertiary/aromatic N) is 2. The van der Waals surface area contributed by atoms with E-state index in [0.717, 1.165) is 17.9 Å². The molecular formula is C14H23N3S. The van der Waals surface area contributed by atoms with E-state index in [1.54, 1.807) is 11.3 Å². The van der Waals surface area contributed by atoms with E-state index in [1.165, 1.54) is 31.4 Å². The van der Waals surface area contributed by atoms with Gasteiger partial charge in [0.15, 0.2) is 4.96 Å². The summed E-state index contributed by atoms with van der Waals surface area (Å²) < 4.78 is 2.12. The van der Waals surface area contributed by atoms with Crippen LogP contribution >= 0.6 is 11.3 Å². The van der Waals surface area contributed by atoms with Crippen molar-refractivity contribution >= 4 is 16.3 Å². The molecule has 4 heteroatoms. The van der Waals surface area contributed by atoms with Gasteiger partial charge in [-0.3, -0.25) is 4.40 Å². The zero-order chi connectivity index (χ0) is 12.8. The molecule has 0 aromatic carbocycles. The van der Waals surface area contributed by atoms with Gasteiger partial charge in [0, 0.05) is 23.8 Å². The van der Waals surface area contributed by atoms with Crippen molar-refractivity contribution < 1.29 is 0 Å². The molecule has 0 amide bonds. The second-order valence-corrected chi connectivity index (χ2v) is 5.63. The summed E-state index contributed by atoms with van der Waals surface area (Å²) in [7, 11) is 0. The molecule has 0 bridgehead atoms. The summed E-state index contributed by atoms with van der Waals surface area (Å²) in [6.45, 7) is 5.52. The van der Waals surface area contributed by atoms with Crippen molar-refractivity contribution in [3.8, 4) is 0 Å². The van der Waals surface area contributed by atoms with E-state index in [9.17, 15) is 0 Å². The lowest BCUT2D eigenvalue weighted by Crippen LogP contribution is -2.28. The van der Waals surface area contributed by atoms with Gasteiger partial charge in [-0.05, 0) is 32.2 Å². The summed E-state index contributed by atoms with van der Waals surface area (Å²) in [5, 5.41) is 5.65. The molecule has 0 radical (unpaired) electrons. The van der Waals surface area contributed by atoms with E-state index in [4.69, 9.17) is 0 Å². The first-order chi connectivity index (χ1) is 8.83. The van der Waals surface area contributed by atoms with Crippen molar-refractivity contribution in [3.63, 3.8) is 0 Å². The topological polar surface area (TPSA) is 29.3 Å². The summed E-state index contributed by atoms with van der Waals surface area (Å²) in [6, 6.07) is 0.684. The third-order valence-corrected chi connectivity index (χ3v) is 4.03. The predicted molar refractivity (Wildman–Crippen MR) is 78.4 cm³/mol. The Labute approximate surface area is 113 Å². The molecule has 1 unspecified atom stereocenters. The summed E-state index contributed by atoms with van der Waals surface area (Å²) in [6.07, 6.45) is 10.4. The molecule has 1 atom stereocenters. The summed E-state index contributed by atoms with van der Waals surface area (Å²) in [5.74, 6) is 0. The van der Waals surface area contributed by atoms with Gasteiger partial charge in [-0.1, -0.05) is 20.3 Å². The van der Waals surface area contributed by atoms with Crippen LogP contribution in [-0.4, -0.2) is 22.0 Å². The average molecular weight is 265 g/mol. The number of fused-ring (bicyclic) bond motifs is 1. The second kappa shape index (κ2) is 6.90. The van der Waals surface area contributed by atoms with Crippen LogP contribution in [0, 0.1) is 0 Å². The standard InChI is InChI=1S/C14H23N3S/c1-3-6-12(15-4-2)7-5-8-13-11-17-9-10-18-14(17)16-13/h9-12,15H,3-8H2,1-2H3. The molecule has 0 fully saturated rings. The zero-order valence-corrected chi connectivity index (χ0v) is 12.2. The molecule has 100 valence electrons. The quantitative estimate of drug-likeness (QED) is 0.791. The highest BCUT2D eigenvalue weighted by Crippen LogP contribution is 2.14. The van der Waals surface area contributed by atoms with E-state index in [1.807, 2.05) is 0 Å². The minimum atomic E-state index is 0.684. The molecule has 3 nitrogen and oxygen atoms in total. The van der Waals surface area contributed by atoms with Gasteiger partial charge in [0.25, 0.3) is 0 Å². The third-order valence-electron chi connectivity index (χ3n) is 3.26. The van der Waals surface area contributed by atoms with Gasteiger partial charge in [-0.15, -0.1) is 11.3 Å². The SMILES string of the molecule is CCCC(CCCc1cn2ccsc2n1)NCC. The van der Waals surface area contributed by atoms with Crippen LogP contribution in [0.5, 0.6) is 0 Å². The zero-order valence-electron chi connectivity index (χ0n) is 11.4. The lowest BCUT2D eigenvalue weighted by Gasteiger charge is -2.16. The molecule has 0 saturated heterocycles. The van der Waals surface area contributed by atoms with Crippen molar-refractivity contribution in [1.29, 1.82) is 0 Å². The number of hydrogen-bond acceptors (Lipinski definition) is 3. The maximum Gasteiger partial charge on any atom is 0.193 e. The predicted octanol–water partition coefficient (Wildman–Crippen LogP) is 3.50. The Morgan fingerprint density at radius 2 is 2.28 bits per heavy atom. The van der Waals surface area contributed by atoms with Crippen molar-refractivity contribution in [3.05, 3.63) is 23.5 Å². The van der Waals surface area contributed by atoms with Crippen LogP contribution in [0.2, 0.25) is 0 Å². The van der Waals surface area contributed by atoms with Gasteiger partial charge in [0.2, 0.25) is 0 Å². The molecule has 0 saturated carbocycles. The monoisotopic (exact) mass is 265 g/mol. The van der Waals surface area contributed by atoms with Crippen LogP contribution in [-0.2, 0) is 6.42 Å². The Morgan fingerprint density at radius 3 is 3.00 bits per heavy atom. The van der Waals surface area contributed by atoms with Crippen LogP contribution in [0.15, 0.2) is 17.8 Å². The molecule has 2 heterocycles. The summed E-state index contributed by atoms with van der Waals surface area (Å²) in [4.78, 5) is 5.74. The van der Waals surface area contributed by atoms with Crippen molar-refractivity contribution in [2.45, 2.75) is 52.0 Å². The Kier molecular flexibility index (Phi) is 5.20. The molecule has 0 spiro atoms. The first-order valence-corrected chi connectivity index (χ1v) is 7.86. The highest BCUT2D eigenvalue weighted by molar-refractivity contribution is 7.15. The largest absolute Gasteiger partial charge is 0.314 e. The lowest BCUT2D eigenvalue weighted by molar-refractivity contribution is 0.447. The van der Waals surface area contributed by atoms with Crippen LogP contribution < -0.4 is 5.32 Å². The molecule has 2 aromatic heterocycles. The second-order valence-electron chi connectivity index (χ2n) is 4.76. The highest BCUT2D eigenvalue weighted by Gasteiger charge is 2.07. The maximum absolute atomic E-state index is 4.62. The van der Waals surface area contributed by atoms with Crippen molar-refractivity contribution in [2.75, 3.05) is 6.54 Å². The molecule has 0 aliphatic rings. The normalized spacial score (nSPS) is 13.2. The van der Waals surface area contributed by atoms with E-state index in [-0.39, 0.29) is 0 Å². The third kappa shape index (κ3) is 3.56. The molecule has 1 N–H and O–H groups in total. The van der Waals surface area contributed by atoms with Gasteiger partial charge < -0.3 is 5.32 Å².